The van der Waals surface area contributed by atoms with E-state index in [0.29, 0.717) is 19.6 Å². The summed E-state index contributed by atoms with van der Waals surface area (Å²) >= 11 is 0. The highest BCUT2D eigenvalue weighted by Gasteiger charge is 2.28. The van der Waals surface area contributed by atoms with Crippen molar-refractivity contribution in [3.8, 4) is 5.75 Å². The van der Waals surface area contributed by atoms with E-state index in [1.165, 1.54) is 0 Å². The number of carbonyl (C=O) groups is 1. The predicted octanol–water partition coefficient (Wildman–Crippen LogP) is 1.17. The number of aryl methyl sites for hydroxylation is 1. The van der Waals surface area contributed by atoms with Crippen molar-refractivity contribution in [1.82, 2.24) is 10.6 Å². The Labute approximate surface area is 131 Å². The number of rotatable bonds is 5. The van der Waals surface area contributed by atoms with E-state index in [1.54, 1.807) is 0 Å². The predicted molar refractivity (Wildman–Crippen MR) is 85.0 cm³/mol. The van der Waals surface area contributed by atoms with Crippen LogP contribution in [0.4, 0.5) is 4.79 Å². The largest absolute Gasteiger partial charge is 0.491 e. The van der Waals surface area contributed by atoms with Crippen molar-refractivity contribution in [2.24, 2.45) is 0 Å². The van der Waals surface area contributed by atoms with Gasteiger partial charge in [-0.1, -0.05) is 12.1 Å². The number of ether oxygens (including phenoxy) is 1. The zero-order chi connectivity index (χ0) is 16.2. The van der Waals surface area contributed by atoms with Gasteiger partial charge in [-0.2, -0.15) is 0 Å². The van der Waals surface area contributed by atoms with E-state index in [-0.39, 0.29) is 23.6 Å². The number of hydrogen-bond donors (Lipinski definition) is 2. The highest BCUT2D eigenvalue weighted by Crippen LogP contribution is 2.20. The SMILES string of the molecule is Cc1cccc(OCCNC(=O)NC2CCS(=O)(=O)C2)c1C. The molecule has 22 heavy (non-hydrogen) atoms. The van der Waals surface area contributed by atoms with Gasteiger partial charge in [0.05, 0.1) is 18.1 Å². The van der Waals surface area contributed by atoms with Crippen LogP contribution in [0.1, 0.15) is 17.5 Å². The second-order valence-corrected chi connectivity index (χ2v) is 7.78. The molecule has 1 aliphatic heterocycles. The summed E-state index contributed by atoms with van der Waals surface area (Å²) in [7, 11) is -2.98. The molecule has 0 saturated carbocycles. The first-order chi connectivity index (χ1) is 10.4. The van der Waals surface area contributed by atoms with Gasteiger partial charge in [-0.15, -0.1) is 0 Å². The number of hydrogen-bond acceptors (Lipinski definition) is 4. The summed E-state index contributed by atoms with van der Waals surface area (Å²) < 4.78 is 28.2. The van der Waals surface area contributed by atoms with Gasteiger partial charge in [0.25, 0.3) is 0 Å². The smallest absolute Gasteiger partial charge is 0.315 e. The number of carbonyl (C=O) groups excluding carboxylic acids is 1. The highest BCUT2D eigenvalue weighted by molar-refractivity contribution is 7.91. The Balaban J connectivity index is 1.68. The van der Waals surface area contributed by atoms with E-state index < -0.39 is 9.84 Å². The molecule has 0 aliphatic carbocycles. The molecule has 1 aliphatic rings. The molecule has 1 saturated heterocycles. The number of sulfone groups is 1. The second kappa shape index (κ2) is 7.00. The van der Waals surface area contributed by atoms with Gasteiger partial charge in [0.15, 0.2) is 9.84 Å². The number of amides is 2. The molecule has 1 aromatic carbocycles. The van der Waals surface area contributed by atoms with E-state index in [0.717, 1.165) is 16.9 Å². The molecule has 2 rings (SSSR count). The zero-order valence-corrected chi connectivity index (χ0v) is 13.7. The van der Waals surface area contributed by atoms with Crippen LogP contribution < -0.4 is 15.4 Å². The lowest BCUT2D eigenvalue weighted by Crippen LogP contribution is -2.43. The molecule has 0 spiro atoms. The first-order valence-electron chi connectivity index (χ1n) is 7.31. The maximum absolute atomic E-state index is 11.7. The second-order valence-electron chi connectivity index (χ2n) is 5.55. The average molecular weight is 326 g/mol. The molecular weight excluding hydrogens is 304 g/mol. The van der Waals surface area contributed by atoms with E-state index in [2.05, 4.69) is 10.6 Å². The third kappa shape index (κ3) is 4.62. The number of nitrogens with one attached hydrogen (secondary N) is 2. The van der Waals surface area contributed by atoms with E-state index in [1.807, 2.05) is 32.0 Å². The van der Waals surface area contributed by atoms with Crippen molar-refractivity contribution in [3.05, 3.63) is 29.3 Å². The van der Waals surface area contributed by atoms with Crippen molar-refractivity contribution in [2.45, 2.75) is 26.3 Å². The third-order valence-corrected chi connectivity index (χ3v) is 5.54. The third-order valence-electron chi connectivity index (χ3n) is 3.77. The molecule has 7 heteroatoms. The summed E-state index contributed by atoms with van der Waals surface area (Å²) in [5, 5.41) is 5.34. The minimum atomic E-state index is -2.98. The Kier molecular flexibility index (Phi) is 5.28. The van der Waals surface area contributed by atoms with Crippen LogP contribution in [-0.4, -0.2) is 45.1 Å². The van der Waals surface area contributed by atoms with E-state index in [9.17, 15) is 13.2 Å². The summed E-state index contributed by atoms with van der Waals surface area (Å²) in [5.74, 6) is 0.983. The van der Waals surface area contributed by atoms with Gasteiger partial charge in [0.2, 0.25) is 0 Å². The molecule has 6 nitrogen and oxygen atoms in total. The molecule has 1 heterocycles. The molecule has 0 aromatic heterocycles. The maximum Gasteiger partial charge on any atom is 0.315 e. The fraction of sp³-hybridized carbons (Fsp3) is 0.533. The van der Waals surface area contributed by atoms with Crippen molar-refractivity contribution < 1.29 is 17.9 Å². The van der Waals surface area contributed by atoms with E-state index in [4.69, 9.17) is 4.74 Å². The monoisotopic (exact) mass is 326 g/mol. The van der Waals surface area contributed by atoms with Gasteiger partial charge in [-0.3, -0.25) is 0 Å². The number of urea groups is 1. The van der Waals surface area contributed by atoms with Crippen LogP contribution in [0, 0.1) is 13.8 Å². The fourth-order valence-electron chi connectivity index (χ4n) is 2.35. The highest BCUT2D eigenvalue weighted by atomic mass is 32.2. The van der Waals surface area contributed by atoms with Gasteiger partial charge in [0, 0.05) is 6.04 Å². The standard InChI is InChI=1S/C15H22N2O4S/c1-11-4-3-5-14(12(11)2)21-8-7-16-15(18)17-13-6-9-22(19,20)10-13/h3-5,13H,6-10H2,1-2H3,(H2,16,17,18). The van der Waals surface area contributed by atoms with Gasteiger partial charge in [-0.25, -0.2) is 13.2 Å². The van der Waals surface area contributed by atoms with E-state index >= 15 is 0 Å². The fourth-order valence-corrected chi connectivity index (χ4v) is 4.02. The van der Waals surface area contributed by atoms with Crippen LogP contribution in [-0.2, 0) is 9.84 Å². The molecule has 0 bridgehead atoms. The van der Waals surface area contributed by atoms with Crippen LogP contribution in [0.15, 0.2) is 18.2 Å². The normalized spacial score (nSPS) is 19.6. The van der Waals surface area contributed by atoms with Crippen molar-refractivity contribution in [3.63, 3.8) is 0 Å². The topological polar surface area (TPSA) is 84.5 Å². The zero-order valence-electron chi connectivity index (χ0n) is 12.9. The van der Waals surface area contributed by atoms with Crippen molar-refractivity contribution in [1.29, 1.82) is 0 Å². The Morgan fingerprint density at radius 3 is 2.82 bits per heavy atom. The Bertz CT molecular complexity index is 643. The summed E-state index contributed by atoms with van der Waals surface area (Å²) in [6.45, 7) is 4.73. The van der Waals surface area contributed by atoms with Crippen LogP contribution in [0.3, 0.4) is 0 Å². The van der Waals surface area contributed by atoms with Crippen molar-refractivity contribution in [2.75, 3.05) is 24.7 Å². The maximum atomic E-state index is 11.7. The van der Waals surface area contributed by atoms with Crippen LogP contribution in [0.25, 0.3) is 0 Å². The number of benzene rings is 1. The Morgan fingerprint density at radius 1 is 1.36 bits per heavy atom. The lowest BCUT2D eigenvalue weighted by Gasteiger charge is -2.13. The van der Waals surface area contributed by atoms with Crippen LogP contribution in [0.2, 0.25) is 0 Å². The molecule has 122 valence electrons. The first-order valence-corrected chi connectivity index (χ1v) is 9.13. The lowest BCUT2D eigenvalue weighted by molar-refractivity contribution is 0.233. The van der Waals surface area contributed by atoms with Gasteiger partial charge in [-0.05, 0) is 37.5 Å². The van der Waals surface area contributed by atoms with Crippen LogP contribution in [0.5, 0.6) is 5.75 Å². The van der Waals surface area contributed by atoms with Gasteiger partial charge in [0.1, 0.15) is 12.4 Å². The first kappa shape index (κ1) is 16.6. The molecule has 1 unspecified atom stereocenters. The molecular formula is C15H22N2O4S. The van der Waals surface area contributed by atoms with Gasteiger partial charge < -0.3 is 15.4 Å². The molecule has 2 N–H and O–H groups in total. The van der Waals surface area contributed by atoms with Crippen molar-refractivity contribution >= 4 is 15.9 Å². The minimum absolute atomic E-state index is 0.0272. The molecule has 0 radical (unpaired) electrons. The Hall–Kier alpha value is -1.76. The summed E-state index contributed by atoms with van der Waals surface area (Å²) in [6, 6.07) is 5.20. The van der Waals surface area contributed by atoms with Crippen LogP contribution >= 0.6 is 0 Å². The quantitative estimate of drug-likeness (QED) is 0.796. The summed E-state index contributed by atoms with van der Waals surface area (Å²) in [6.07, 6.45) is 0.481. The average Bonchev–Trinajstić information content (AvgIpc) is 2.78. The summed E-state index contributed by atoms with van der Waals surface area (Å²) in [5.41, 5.74) is 2.24. The van der Waals surface area contributed by atoms with Gasteiger partial charge >= 0.3 is 6.03 Å². The molecule has 2 amide bonds. The minimum Gasteiger partial charge on any atom is -0.491 e. The summed E-state index contributed by atoms with van der Waals surface area (Å²) in [4.78, 5) is 11.7. The Morgan fingerprint density at radius 2 is 2.14 bits per heavy atom. The molecule has 1 atom stereocenters. The molecule has 1 fully saturated rings. The lowest BCUT2D eigenvalue weighted by atomic mass is 10.1. The molecule has 1 aromatic rings.